The topological polar surface area (TPSA) is 70.2 Å². The second kappa shape index (κ2) is 8.77. The Morgan fingerprint density at radius 1 is 1.23 bits per heavy atom. The smallest absolute Gasteiger partial charge is 0.222 e. The molecule has 0 saturated carbocycles. The summed E-state index contributed by atoms with van der Waals surface area (Å²) in [6, 6.07) is 3.32. The van der Waals surface area contributed by atoms with Gasteiger partial charge < -0.3 is 16.0 Å². The maximum Gasteiger partial charge on any atom is 0.222 e. The Balaban J connectivity index is 0.00000243. The van der Waals surface area contributed by atoms with Gasteiger partial charge in [0, 0.05) is 36.7 Å². The van der Waals surface area contributed by atoms with Crippen LogP contribution in [0.15, 0.2) is 18.2 Å². The summed E-state index contributed by atoms with van der Waals surface area (Å²) in [6.07, 6.45) is 3.95. The van der Waals surface area contributed by atoms with Crippen molar-refractivity contribution >= 4 is 24.2 Å². The molecule has 8 heteroatoms. The van der Waals surface area contributed by atoms with Crippen molar-refractivity contribution in [1.82, 2.24) is 16.0 Å². The summed E-state index contributed by atoms with van der Waals surface area (Å²) in [7, 11) is 0. The Kier molecular flexibility index (Phi) is 6.94. The number of carbonyl (C=O) groups is 2. The number of amides is 2. The van der Waals surface area contributed by atoms with Gasteiger partial charge in [-0.2, -0.15) is 0 Å². The Labute approximate surface area is 157 Å². The molecule has 1 aromatic carbocycles. The predicted molar refractivity (Wildman–Crippen MR) is 95.9 cm³/mol. The molecule has 3 unspecified atom stereocenters. The zero-order valence-corrected chi connectivity index (χ0v) is 15.4. The van der Waals surface area contributed by atoms with Crippen LogP contribution in [0.3, 0.4) is 0 Å². The molecule has 1 aromatic rings. The highest BCUT2D eigenvalue weighted by molar-refractivity contribution is 5.85. The van der Waals surface area contributed by atoms with Gasteiger partial charge in [-0.3, -0.25) is 9.59 Å². The molecular weight excluding hydrogens is 364 g/mol. The highest BCUT2D eigenvalue weighted by atomic mass is 35.5. The highest BCUT2D eigenvalue weighted by Crippen LogP contribution is 2.27. The third-order valence-corrected chi connectivity index (χ3v) is 4.94. The molecule has 0 aromatic heterocycles. The van der Waals surface area contributed by atoms with Gasteiger partial charge in [-0.15, -0.1) is 12.4 Å². The van der Waals surface area contributed by atoms with Crippen LogP contribution < -0.4 is 16.0 Å². The fraction of sp³-hybridized carbons (Fsp3) is 0.556. The monoisotopic (exact) mass is 387 g/mol. The standard InChI is InChI=1S/C18H23F2N3O2.ClH/c1-10(24)21-17(15-5-2-11(19)6-16(15)20)9-18(25)23-14-7-12-3-4-13(8-14)22-12;/h2,5-6,12-14,17,22H,3-4,7-9H2,1H3,(H,21,24)(H,23,25);1H. The first-order valence-corrected chi connectivity index (χ1v) is 8.68. The fourth-order valence-electron chi connectivity index (χ4n) is 3.92. The van der Waals surface area contributed by atoms with E-state index in [0.717, 1.165) is 37.8 Å². The summed E-state index contributed by atoms with van der Waals surface area (Å²) in [5.41, 5.74) is 0.108. The SMILES string of the molecule is CC(=O)NC(CC(=O)NC1CC2CCC(C1)N2)c1ccc(F)cc1F.Cl. The summed E-state index contributed by atoms with van der Waals surface area (Å²) in [5.74, 6) is -2.08. The maximum absolute atomic E-state index is 14.0. The van der Waals surface area contributed by atoms with Crippen molar-refractivity contribution in [2.24, 2.45) is 0 Å². The number of halogens is 3. The quantitative estimate of drug-likeness (QED) is 0.726. The van der Waals surface area contributed by atoms with Gasteiger partial charge in [-0.05, 0) is 31.7 Å². The molecule has 2 amide bonds. The minimum absolute atomic E-state index is 0. The average Bonchev–Trinajstić information content (AvgIpc) is 2.85. The molecule has 3 rings (SSSR count). The first kappa shape index (κ1) is 20.6. The predicted octanol–water partition coefficient (Wildman–Crippen LogP) is 2.35. The number of carbonyl (C=O) groups excluding carboxylic acids is 2. The second-order valence-electron chi connectivity index (χ2n) is 7.00. The lowest BCUT2D eigenvalue weighted by molar-refractivity contribution is -0.123. The van der Waals surface area contributed by atoms with E-state index < -0.39 is 17.7 Å². The van der Waals surface area contributed by atoms with Gasteiger partial charge in [0.1, 0.15) is 11.6 Å². The van der Waals surface area contributed by atoms with Gasteiger partial charge in [0.05, 0.1) is 12.5 Å². The number of fused-ring (bicyclic) bond motifs is 2. The van der Waals surface area contributed by atoms with E-state index in [2.05, 4.69) is 16.0 Å². The van der Waals surface area contributed by atoms with E-state index in [-0.39, 0.29) is 42.2 Å². The van der Waals surface area contributed by atoms with E-state index >= 15 is 0 Å². The van der Waals surface area contributed by atoms with Crippen LogP contribution in [0.4, 0.5) is 8.78 Å². The van der Waals surface area contributed by atoms with E-state index in [4.69, 9.17) is 0 Å². The molecule has 2 bridgehead atoms. The van der Waals surface area contributed by atoms with Crippen LogP contribution in [0, 0.1) is 11.6 Å². The van der Waals surface area contributed by atoms with Gasteiger partial charge in [-0.25, -0.2) is 8.78 Å². The summed E-state index contributed by atoms with van der Waals surface area (Å²) in [5, 5.41) is 9.08. The van der Waals surface area contributed by atoms with Crippen molar-refractivity contribution in [2.45, 2.75) is 63.2 Å². The molecule has 2 saturated heterocycles. The first-order chi connectivity index (χ1) is 11.9. The molecule has 144 valence electrons. The molecular formula is C18H24ClF2N3O2. The van der Waals surface area contributed by atoms with Gasteiger partial charge in [0.15, 0.2) is 0 Å². The van der Waals surface area contributed by atoms with Crippen molar-refractivity contribution in [1.29, 1.82) is 0 Å². The number of piperidine rings is 1. The zero-order valence-electron chi connectivity index (χ0n) is 14.6. The molecule has 3 N–H and O–H groups in total. The number of benzene rings is 1. The molecule has 5 nitrogen and oxygen atoms in total. The van der Waals surface area contributed by atoms with E-state index in [1.54, 1.807) is 0 Å². The molecule has 0 aliphatic carbocycles. The van der Waals surface area contributed by atoms with E-state index in [9.17, 15) is 18.4 Å². The molecule has 2 aliphatic heterocycles. The molecule has 0 radical (unpaired) electrons. The lowest BCUT2D eigenvalue weighted by Crippen LogP contribution is -2.48. The number of hydrogen-bond acceptors (Lipinski definition) is 3. The number of hydrogen-bond donors (Lipinski definition) is 3. The van der Waals surface area contributed by atoms with Crippen LogP contribution in [0.2, 0.25) is 0 Å². The molecule has 3 atom stereocenters. The largest absolute Gasteiger partial charge is 0.353 e. The number of nitrogens with one attached hydrogen (secondary N) is 3. The highest BCUT2D eigenvalue weighted by Gasteiger charge is 2.34. The van der Waals surface area contributed by atoms with Gasteiger partial charge in [-0.1, -0.05) is 6.07 Å². The van der Waals surface area contributed by atoms with Crippen LogP contribution in [0.5, 0.6) is 0 Å². The lowest BCUT2D eigenvalue weighted by Gasteiger charge is -2.30. The van der Waals surface area contributed by atoms with E-state index in [1.807, 2.05) is 0 Å². The van der Waals surface area contributed by atoms with Crippen LogP contribution in [0.1, 0.15) is 50.6 Å². The molecule has 2 aliphatic rings. The van der Waals surface area contributed by atoms with Gasteiger partial charge in [0.25, 0.3) is 0 Å². The molecule has 2 heterocycles. The number of rotatable bonds is 5. The van der Waals surface area contributed by atoms with E-state index in [0.29, 0.717) is 12.1 Å². The van der Waals surface area contributed by atoms with E-state index in [1.165, 1.54) is 13.0 Å². The lowest BCUT2D eigenvalue weighted by atomic mass is 9.98. The molecule has 26 heavy (non-hydrogen) atoms. The zero-order chi connectivity index (χ0) is 18.0. The van der Waals surface area contributed by atoms with Crippen LogP contribution in [-0.2, 0) is 9.59 Å². The summed E-state index contributed by atoms with van der Waals surface area (Å²) < 4.78 is 27.2. The minimum Gasteiger partial charge on any atom is -0.353 e. The first-order valence-electron chi connectivity index (χ1n) is 8.68. The van der Waals surface area contributed by atoms with Crippen LogP contribution in [0.25, 0.3) is 0 Å². The Morgan fingerprint density at radius 3 is 2.46 bits per heavy atom. The Hall–Kier alpha value is -1.73. The van der Waals surface area contributed by atoms with Crippen molar-refractivity contribution < 1.29 is 18.4 Å². The Morgan fingerprint density at radius 2 is 1.88 bits per heavy atom. The van der Waals surface area contributed by atoms with Crippen molar-refractivity contribution in [3.8, 4) is 0 Å². The fourth-order valence-corrected chi connectivity index (χ4v) is 3.92. The molecule has 2 fully saturated rings. The van der Waals surface area contributed by atoms with Gasteiger partial charge in [0.2, 0.25) is 11.8 Å². The van der Waals surface area contributed by atoms with Crippen molar-refractivity contribution in [3.63, 3.8) is 0 Å². The summed E-state index contributed by atoms with van der Waals surface area (Å²) in [4.78, 5) is 23.8. The average molecular weight is 388 g/mol. The summed E-state index contributed by atoms with van der Waals surface area (Å²) >= 11 is 0. The third kappa shape index (κ3) is 5.14. The minimum atomic E-state index is -0.823. The third-order valence-electron chi connectivity index (χ3n) is 4.94. The molecule has 0 spiro atoms. The van der Waals surface area contributed by atoms with Crippen LogP contribution in [-0.4, -0.2) is 29.9 Å². The second-order valence-corrected chi connectivity index (χ2v) is 7.00. The summed E-state index contributed by atoms with van der Waals surface area (Å²) in [6.45, 7) is 1.30. The van der Waals surface area contributed by atoms with Crippen LogP contribution >= 0.6 is 12.4 Å². The maximum atomic E-state index is 14.0. The Bertz CT molecular complexity index is 662. The van der Waals surface area contributed by atoms with Crippen molar-refractivity contribution in [3.05, 3.63) is 35.4 Å². The van der Waals surface area contributed by atoms with Gasteiger partial charge >= 0.3 is 0 Å². The normalized spacial score (nSPS) is 25.1. The van der Waals surface area contributed by atoms with Crippen molar-refractivity contribution in [2.75, 3.05) is 0 Å².